The Morgan fingerprint density at radius 2 is 1.70 bits per heavy atom. The third-order valence-electron chi connectivity index (χ3n) is 3.39. The largest absolute Gasteiger partial charge is 0.417 e. The van der Waals surface area contributed by atoms with Gasteiger partial charge < -0.3 is 4.98 Å². The predicted octanol–water partition coefficient (Wildman–Crippen LogP) is 5.52. The van der Waals surface area contributed by atoms with Gasteiger partial charge in [-0.3, -0.25) is 0 Å². The van der Waals surface area contributed by atoms with Crippen molar-refractivity contribution in [3.63, 3.8) is 0 Å². The fraction of sp³-hybridized carbons (Fsp3) is 0.375. The number of hydrogen-bond donors (Lipinski definition) is 1. The molecule has 1 aromatic heterocycles. The maximum atomic E-state index is 13.2. The van der Waals surface area contributed by atoms with Crippen LogP contribution in [0.15, 0.2) is 24.9 Å². The summed E-state index contributed by atoms with van der Waals surface area (Å²) in [6, 6.07) is 2.77. The summed E-state index contributed by atoms with van der Waals surface area (Å²) in [6.07, 6.45) is -2.60. The molecule has 1 aromatic carbocycles. The van der Waals surface area contributed by atoms with Crippen LogP contribution in [0.5, 0.6) is 0 Å². The lowest BCUT2D eigenvalue weighted by molar-refractivity contribution is -0.137. The van der Waals surface area contributed by atoms with E-state index in [1.54, 1.807) is 13.1 Å². The van der Waals surface area contributed by atoms with Crippen LogP contribution >= 0.6 is 0 Å². The minimum absolute atomic E-state index is 0.146. The van der Waals surface area contributed by atoms with Gasteiger partial charge in [-0.2, -0.15) is 13.2 Å². The van der Waals surface area contributed by atoms with Gasteiger partial charge in [-0.1, -0.05) is 32.9 Å². The smallest absolute Gasteiger partial charge is 0.361 e. The highest BCUT2D eigenvalue weighted by Crippen LogP contribution is 2.39. The first kappa shape index (κ1) is 14.7. The van der Waals surface area contributed by atoms with Crippen LogP contribution in [0.1, 0.15) is 44.4 Å². The summed E-state index contributed by atoms with van der Waals surface area (Å²) in [6.45, 7) is 11.2. The van der Waals surface area contributed by atoms with Crippen molar-refractivity contribution in [3.05, 3.63) is 41.6 Å². The van der Waals surface area contributed by atoms with Crippen LogP contribution < -0.4 is 0 Å². The first-order chi connectivity index (χ1) is 9.01. The summed E-state index contributed by atoms with van der Waals surface area (Å²) in [7, 11) is 0. The van der Waals surface area contributed by atoms with E-state index >= 15 is 0 Å². The molecule has 0 aliphatic rings. The van der Waals surface area contributed by atoms with E-state index in [0.29, 0.717) is 16.5 Å². The van der Waals surface area contributed by atoms with Crippen molar-refractivity contribution in [2.75, 3.05) is 0 Å². The van der Waals surface area contributed by atoms with Gasteiger partial charge in [0.1, 0.15) is 0 Å². The van der Waals surface area contributed by atoms with Gasteiger partial charge in [0, 0.05) is 17.1 Å². The number of alkyl halides is 3. The van der Waals surface area contributed by atoms with Crippen molar-refractivity contribution in [2.24, 2.45) is 0 Å². The number of allylic oxidation sites excluding steroid dienone is 1. The molecular formula is C16H18F3N. The molecule has 0 radical (unpaired) electrons. The molecular weight excluding hydrogens is 263 g/mol. The van der Waals surface area contributed by atoms with Crippen LogP contribution in [-0.2, 0) is 11.6 Å². The number of halogens is 3. The minimum atomic E-state index is -4.38. The van der Waals surface area contributed by atoms with Crippen LogP contribution in [-0.4, -0.2) is 4.98 Å². The number of fused-ring (bicyclic) bond motifs is 1. The summed E-state index contributed by atoms with van der Waals surface area (Å²) in [5.74, 6) is 0. The monoisotopic (exact) mass is 281 g/mol. The Balaban J connectivity index is 2.83. The van der Waals surface area contributed by atoms with Crippen molar-refractivity contribution in [1.29, 1.82) is 0 Å². The van der Waals surface area contributed by atoms with Gasteiger partial charge in [0.25, 0.3) is 0 Å². The molecule has 0 unspecified atom stereocenters. The molecule has 108 valence electrons. The summed E-state index contributed by atoms with van der Waals surface area (Å²) < 4.78 is 39.7. The van der Waals surface area contributed by atoms with Gasteiger partial charge in [-0.05, 0) is 35.6 Å². The third kappa shape index (κ3) is 2.47. The molecule has 0 bridgehead atoms. The fourth-order valence-corrected chi connectivity index (χ4v) is 2.38. The molecule has 0 fully saturated rings. The molecule has 2 aromatic rings. The Morgan fingerprint density at radius 3 is 2.15 bits per heavy atom. The second-order valence-corrected chi connectivity index (χ2v) is 6.17. The zero-order valence-electron chi connectivity index (χ0n) is 12.1. The van der Waals surface area contributed by atoms with Crippen molar-refractivity contribution >= 4 is 16.5 Å². The van der Waals surface area contributed by atoms with E-state index in [9.17, 15) is 13.2 Å². The molecule has 0 aliphatic carbocycles. The molecule has 2 rings (SSSR count). The molecule has 0 spiro atoms. The normalized spacial score (nSPS) is 12.9. The Kier molecular flexibility index (Phi) is 3.23. The molecule has 4 heteroatoms. The lowest BCUT2D eigenvalue weighted by atomic mass is 9.86. The molecule has 1 nitrogen and oxygen atoms in total. The standard InChI is InChI=1S/C16H18F3N/c1-9(2)10-7-14-11(6-12(10)16(17,18)19)13(8-20-14)15(3,4)5/h6-8,20H,1H2,2-5H3. The van der Waals surface area contributed by atoms with Gasteiger partial charge in [-0.15, -0.1) is 0 Å². The van der Waals surface area contributed by atoms with E-state index < -0.39 is 11.7 Å². The summed E-state index contributed by atoms with van der Waals surface area (Å²) in [5.41, 5.74) is 1.31. The molecule has 20 heavy (non-hydrogen) atoms. The average Bonchev–Trinajstić information content (AvgIpc) is 2.67. The molecule has 1 N–H and O–H groups in total. The third-order valence-corrected chi connectivity index (χ3v) is 3.39. The molecule has 0 amide bonds. The highest BCUT2D eigenvalue weighted by molar-refractivity contribution is 5.88. The highest BCUT2D eigenvalue weighted by atomic mass is 19.4. The Bertz CT molecular complexity index is 669. The minimum Gasteiger partial charge on any atom is -0.361 e. The molecule has 1 heterocycles. The molecule has 0 atom stereocenters. The number of hydrogen-bond acceptors (Lipinski definition) is 0. The number of benzene rings is 1. The van der Waals surface area contributed by atoms with Crippen molar-refractivity contribution < 1.29 is 13.2 Å². The van der Waals surface area contributed by atoms with Gasteiger partial charge >= 0.3 is 6.18 Å². The number of aromatic amines is 1. The van der Waals surface area contributed by atoms with E-state index in [1.807, 2.05) is 20.8 Å². The first-order valence-corrected chi connectivity index (χ1v) is 6.40. The lowest BCUT2D eigenvalue weighted by Gasteiger charge is -2.19. The second-order valence-electron chi connectivity index (χ2n) is 6.17. The maximum Gasteiger partial charge on any atom is 0.417 e. The van der Waals surface area contributed by atoms with Crippen LogP contribution in [0.25, 0.3) is 16.5 Å². The van der Waals surface area contributed by atoms with Crippen LogP contribution in [0.4, 0.5) is 13.2 Å². The van der Waals surface area contributed by atoms with Crippen LogP contribution in [0, 0.1) is 0 Å². The van der Waals surface area contributed by atoms with E-state index in [0.717, 1.165) is 5.56 Å². The summed E-state index contributed by atoms with van der Waals surface area (Å²) >= 11 is 0. The first-order valence-electron chi connectivity index (χ1n) is 6.40. The molecule has 0 aliphatic heterocycles. The Morgan fingerprint density at radius 1 is 1.10 bits per heavy atom. The Labute approximate surface area is 116 Å². The van der Waals surface area contributed by atoms with Gasteiger partial charge in [0.15, 0.2) is 0 Å². The van der Waals surface area contributed by atoms with E-state index in [1.165, 1.54) is 12.1 Å². The SMILES string of the molecule is C=C(C)c1cc2[nH]cc(C(C)(C)C)c2cc1C(F)(F)F. The zero-order valence-corrected chi connectivity index (χ0v) is 12.1. The number of rotatable bonds is 1. The maximum absolute atomic E-state index is 13.2. The van der Waals surface area contributed by atoms with Crippen LogP contribution in [0.3, 0.4) is 0 Å². The van der Waals surface area contributed by atoms with Crippen molar-refractivity contribution in [2.45, 2.75) is 39.3 Å². The Hall–Kier alpha value is -1.71. The van der Waals surface area contributed by atoms with Crippen LogP contribution in [0.2, 0.25) is 0 Å². The molecule has 0 saturated carbocycles. The van der Waals surface area contributed by atoms with Gasteiger partial charge in [0.2, 0.25) is 0 Å². The van der Waals surface area contributed by atoms with E-state index in [-0.39, 0.29) is 11.0 Å². The summed E-state index contributed by atoms with van der Waals surface area (Å²) in [5, 5.41) is 0.620. The van der Waals surface area contributed by atoms with Crippen molar-refractivity contribution in [3.8, 4) is 0 Å². The predicted molar refractivity (Wildman–Crippen MR) is 76.7 cm³/mol. The number of H-pyrrole nitrogens is 1. The average molecular weight is 281 g/mol. The quantitative estimate of drug-likeness (QED) is 0.708. The topological polar surface area (TPSA) is 15.8 Å². The van der Waals surface area contributed by atoms with Crippen molar-refractivity contribution in [1.82, 2.24) is 4.98 Å². The number of aromatic nitrogens is 1. The highest BCUT2D eigenvalue weighted by Gasteiger charge is 2.34. The van der Waals surface area contributed by atoms with E-state index in [4.69, 9.17) is 0 Å². The zero-order chi connectivity index (χ0) is 15.3. The number of nitrogens with one attached hydrogen (secondary N) is 1. The summed E-state index contributed by atoms with van der Waals surface area (Å²) in [4.78, 5) is 3.06. The lowest BCUT2D eigenvalue weighted by Crippen LogP contribution is -2.11. The second kappa shape index (κ2) is 4.40. The van der Waals surface area contributed by atoms with Gasteiger partial charge in [0.05, 0.1) is 5.56 Å². The fourth-order valence-electron chi connectivity index (χ4n) is 2.38. The van der Waals surface area contributed by atoms with Gasteiger partial charge in [-0.25, -0.2) is 0 Å². The molecule has 0 saturated heterocycles. The van der Waals surface area contributed by atoms with E-state index in [2.05, 4.69) is 11.6 Å².